The molecule has 0 amide bonds. The molecule has 0 fully saturated rings. The molecule has 0 aliphatic carbocycles. The molecule has 2 nitrogen and oxygen atoms in total. The number of aliphatic hydroxyl groups is 1. The summed E-state index contributed by atoms with van der Waals surface area (Å²) in [6.07, 6.45) is -0.704. The van der Waals surface area contributed by atoms with E-state index in [4.69, 9.17) is 4.74 Å². The van der Waals surface area contributed by atoms with Crippen molar-refractivity contribution < 1.29 is 9.84 Å². The van der Waals surface area contributed by atoms with Crippen molar-refractivity contribution in [2.24, 2.45) is 0 Å². The van der Waals surface area contributed by atoms with Crippen LogP contribution < -0.4 is 4.74 Å². The molecule has 1 N–H and O–H groups in total. The Morgan fingerprint density at radius 2 is 1.63 bits per heavy atom. The Balaban J connectivity index is 2.49. The molecular weight excluding hydrogens is 304 g/mol. The molecule has 0 saturated heterocycles. The Morgan fingerprint density at radius 3 is 2.26 bits per heavy atom. The van der Waals surface area contributed by atoms with Gasteiger partial charge in [0.15, 0.2) is 0 Å². The lowest BCUT2D eigenvalue weighted by atomic mass is 9.98. The molecule has 0 aliphatic heterocycles. The fourth-order valence-electron chi connectivity index (χ4n) is 2.09. The van der Waals surface area contributed by atoms with Crippen LogP contribution in [0.3, 0.4) is 0 Å². The second-order valence-electron chi connectivity index (χ2n) is 4.67. The first kappa shape index (κ1) is 14.1. The molecule has 0 saturated carbocycles. The first-order chi connectivity index (χ1) is 9.02. The van der Waals surface area contributed by atoms with Crippen molar-refractivity contribution >= 4 is 15.9 Å². The molecule has 0 spiro atoms. The minimum atomic E-state index is -0.704. The summed E-state index contributed by atoms with van der Waals surface area (Å²) in [5.41, 5.74) is 3.87. The molecule has 0 bridgehead atoms. The van der Waals surface area contributed by atoms with E-state index in [1.165, 1.54) is 0 Å². The smallest absolute Gasteiger partial charge is 0.125 e. The molecular formula is C16H17BrO2. The summed E-state index contributed by atoms with van der Waals surface area (Å²) in [5.74, 6) is 0.700. The molecule has 2 rings (SSSR count). The summed E-state index contributed by atoms with van der Waals surface area (Å²) in [4.78, 5) is 0. The number of hydrogen-bond donors (Lipinski definition) is 1. The van der Waals surface area contributed by atoms with E-state index < -0.39 is 6.10 Å². The van der Waals surface area contributed by atoms with Crippen LogP contribution in [0.25, 0.3) is 0 Å². The summed E-state index contributed by atoms with van der Waals surface area (Å²) in [5, 5.41) is 10.6. The fourth-order valence-corrected chi connectivity index (χ4v) is 2.80. The molecule has 2 aromatic rings. The summed E-state index contributed by atoms with van der Waals surface area (Å²) >= 11 is 3.51. The van der Waals surface area contributed by atoms with Crippen molar-refractivity contribution in [3.8, 4) is 5.75 Å². The lowest BCUT2D eigenvalue weighted by Gasteiger charge is -2.17. The van der Waals surface area contributed by atoms with Crippen LogP contribution in [0, 0.1) is 13.8 Å². The highest BCUT2D eigenvalue weighted by Gasteiger charge is 2.18. The van der Waals surface area contributed by atoms with E-state index in [1.54, 1.807) is 7.11 Å². The maximum atomic E-state index is 10.6. The zero-order valence-corrected chi connectivity index (χ0v) is 12.9. The number of methoxy groups -OCH3 is 1. The van der Waals surface area contributed by atoms with Crippen LogP contribution in [0.4, 0.5) is 0 Å². The van der Waals surface area contributed by atoms with E-state index >= 15 is 0 Å². The quantitative estimate of drug-likeness (QED) is 0.920. The molecule has 3 heteroatoms. The highest BCUT2D eigenvalue weighted by Crippen LogP contribution is 2.34. The van der Waals surface area contributed by atoms with Crippen LogP contribution in [0.15, 0.2) is 40.9 Å². The van der Waals surface area contributed by atoms with Gasteiger partial charge in [-0.2, -0.15) is 0 Å². The van der Waals surface area contributed by atoms with Crippen LogP contribution in [-0.2, 0) is 0 Å². The molecule has 1 atom stereocenters. The largest absolute Gasteiger partial charge is 0.496 e. The SMILES string of the molecule is COc1ccc(C)cc1C(O)c1ccc(C)cc1Br. The monoisotopic (exact) mass is 320 g/mol. The number of hydrogen-bond acceptors (Lipinski definition) is 2. The minimum Gasteiger partial charge on any atom is -0.496 e. The zero-order chi connectivity index (χ0) is 14.0. The molecule has 100 valence electrons. The van der Waals surface area contributed by atoms with Gasteiger partial charge in [0.1, 0.15) is 11.9 Å². The lowest BCUT2D eigenvalue weighted by molar-refractivity contribution is 0.214. The number of halogens is 1. The predicted molar refractivity (Wildman–Crippen MR) is 80.7 cm³/mol. The Morgan fingerprint density at radius 1 is 1.00 bits per heavy atom. The van der Waals surface area contributed by atoms with E-state index in [1.807, 2.05) is 50.2 Å². The van der Waals surface area contributed by atoms with Gasteiger partial charge in [0.25, 0.3) is 0 Å². The number of aryl methyl sites for hydroxylation is 2. The molecule has 19 heavy (non-hydrogen) atoms. The predicted octanol–water partition coefficient (Wildman–Crippen LogP) is 4.16. The van der Waals surface area contributed by atoms with Gasteiger partial charge >= 0.3 is 0 Å². The zero-order valence-electron chi connectivity index (χ0n) is 11.3. The van der Waals surface area contributed by atoms with E-state index in [0.717, 1.165) is 26.7 Å². The Hall–Kier alpha value is -1.32. The van der Waals surface area contributed by atoms with Crippen molar-refractivity contribution in [1.29, 1.82) is 0 Å². The van der Waals surface area contributed by atoms with Crippen LogP contribution >= 0.6 is 15.9 Å². The van der Waals surface area contributed by atoms with Crippen molar-refractivity contribution in [2.75, 3.05) is 7.11 Å². The standard InChI is InChI=1S/C16H17BrO2/c1-10-5-7-15(19-3)13(8-10)16(18)12-6-4-11(2)9-14(12)17/h4-9,16,18H,1-3H3. The van der Waals surface area contributed by atoms with Gasteiger partial charge in [-0.25, -0.2) is 0 Å². The summed E-state index contributed by atoms with van der Waals surface area (Å²) in [6.45, 7) is 4.02. The Kier molecular flexibility index (Phi) is 4.27. The van der Waals surface area contributed by atoms with Gasteiger partial charge in [-0.1, -0.05) is 39.7 Å². The summed E-state index contributed by atoms with van der Waals surface area (Å²) in [6, 6.07) is 11.7. The van der Waals surface area contributed by atoms with Crippen molar-refractivity contribution in [3.05, 3.63) is 63.1 Å². The molecule has 1 unspecified atom stereocenters. The Labute approximate surface area is 122 Å². The molecule has 0 aromatic heterocycles. The van der Waals surface area contributed by atoms with Gasteiger partial charge < -0.3 is 9.84 Å². The van der Waals surface area contributed by atoms with Gasteiger partial charge in [-0.3, -0.25) is 0 Å². The van der Waals surface area contributed by atoms with E-state index in [9.17, 15) is 5.11 Å². The maximum absolute atomic E-state index is 10.6. The fraction of sp³-hybridized carbons (Fsp3) is 0.250. The number of benzene rings is 2. The first-order valence-electron chi connectivity index (χ1n) is 6.11. The highest BCUT2D eigenvalue weighted by atomic mass is 79.9. The van der Waals surface area contributed by atoms with Crippen molar-refractivity contribution in [1.82, 2.24) is 0 Å². The van der Waals surface area contributed by atoms with Crippen molar-refractivity contribution in [2.45, 2.75) is 20.0 Å². The third-order valence-corrected chi connectivity index (χ3v) is 3.82. The lowest BCUT2D eigenvalue weighted by Crippen LogP contribution is -2.04. The van der Waals surface area contributed by atoms with E-state index in [2.05, 4.69) is 15.9 Å². The van der Waals surface area contributed by atoms with Gasteiger partial charge in [0, 0.05) is 10.0 Å². The Bertz CT molecular complexity index is 593. The minimum absolute atomic E-state index is 0.700. The third kappa shape index (κ3) is 2.99. The van der Waals surface area contributed by atoms with Gasteiger partial charge in [-0.05, 0) is 43.2 Å². The molecule has 2 aromatic carbocycles. The topological polar surface area (TPSA) is 29.5 Å². The molecule has 0 aliphatic rings. The van der Waals surface area contributed by atoms with Crippen LogP contribution in [0.5, 0.6) is 5.75 Å². The maximum Gasteiger partial charge on any atom is 0.125 e. The van der Waals surface area contributed by atoms with E-state index in [-0.39, 0.29) is 0 Å². The number of rotatable bonds is 3. The van der Waals surface area contributed by atoms with Crippen molar-refractivity contribution in [3.63, 3.8) is 0 Å². The third-order valence-electron chi connectivity index (χ3n) is 3.13. The summed E-state index contributed by atoms with van der Waals surface area (Å²) < 4.78 is 6.24. The molecule has 0 radical (unpaired) electrons. The normalized spacial score (nSPS) is 12.3. The average Bonchev–Trinajstić information content (AvgIpc) is 2.38. The van der Waals surface area contributed by atoms with Crippen LogP contribution in [-0.4, -0.2) is 12.2 Å². The van der Waals surface area contributed by atoms with Gasteiger partial charge in [0.05, 0.1) is 7.11 Å². The van der Waals surface area contributed by atoms with Gasteiger partial charge in [0.2, 0.25) is 0 Å². The van der Waals surface area contributed by atoms with Crippen LogP contribution in [0.1, 0.15) is 28.4 Å². The average molecular weight is 321 g/mol. The molecule has 0 heterocycles. The number of ether oxygens (including phenoxy) is 1. The second kappa shape index (κ2) is 5.76. The number of aliphatic hydroxyl groups excluding tert-OH is 1. The second-order valence-corrected chi connectivity index (χ2v) is 5.53. The van der Waals surface area contributed by atoms with Crippen LogP contribution in [0.2, 0.25) is 0 Å². The van der Waals surface area contributed by atoms with Gasteiger partial charge in [-0.15, -0.1) is 0 Å². The highest BCUT2D eigenvalue weighted by molar-refractivity contribution is 9.10. The summed E-state index contributed by atoms with van der Waals surface area (Å²) in [7, 11) is 1.62. The first-order valence-corrected chi connectivity index (χ1v) is 6.91. The van der Waals surface area contributed by atoms with E-state index in [0.29, 0.717) is 5.75 Å².